The topological polar surface area (TPSA) is 95.3 Å². The molecule has 8 nitrogen and oxygen atoms in total. The molecule has 2 aromatic rings. The number of hydroxylamine groups is 1. The standard InChI is InChI=1S/C24H32N6O2/c1-5-7-8-22-17(3)21(18(4)30(22)6-2)9-12-25-20-10-13-29(14-11-20)24-26-15-19(16-27-24)23(31)28-32/h1,7-8,15-16,20,25,32H,6,9-14H2,2-4H3,(H,28,31)/b8-7-. The number of carbonyl (C=O) groups is 1. The van der Waals surface area contributed by atoms with E-state index in [0.29, 0.717) is 12.0 Å². The van der Waals surface area contributed by atoms with E-state index in [4.69, 9.17) is 11.6 Å². The molecule has 3 heterocycles. The molecule has 1 fully saturated rings. The van der Waals surface area contributed by atoms with Crippen molar-refractivity contribution in [2.45, 2.75) is 52.6 Å². The fraction of sp³-hybridized carbons (Fsp3) is 0.458. The van der Waals surface area contributed by atoms with Crippen molar-refractivity contribution in [1.29, 1.82) is 0 Å². The zero-order chi connectivity index (χ0) is 23.1. The Morgan fingerprint density at radius 3 is 2.59 bits per heavy atom. The minimum atomic E-state index is -0.613. The first-order valence-corrected chi connectivity index (χ1v) is 11.1. The van der Waals surface area contributed by atoms with Gasteiger partial charge in [0.05, 0.1) is 5.56 Å². The molecule has 1 aliphatic rings. The van der Waals surface area contributed by atoms with Crippen molar-refractivity contribution in [2.75, 3.05) is 24.5 Å². The molecule has 3 N–H and O–H groups in total. The maximum atomic E-state index is 11.4. The molecule has 0 radical (unpaired) electrons. The van der Waals surface area contributed by atoms with E-state index in [-0.39, 0.29) is 5.56 Å². The van der Waals surface area contributed by atoms with Crippen LogP contribution in [0, 0.1) is 26.2 Å². The van der Waals surface area contributed by atoms with Crippen LogP contribution < -0.4 is 15.7 Å². The average Bonchev–Trinajstić information content (AvgIpc) is 3.06. The van der Waals surface area contributed by atoms with Crippen molar-refractivity contribution in [3.05, 3.63) is 46.5 Å². The number of hydrogen-bond donors (Lipinski definition) is 3. The van der Waals surface area contributed by atoms with Crippen LogP contribution in [0.3, 0.4) is 0 Å². The molecule has 3 rings (SSSR count). The number of aromatic nitrogens is 3. The number of allylic oxidation sites excluding steroid dienone is 1. The number of hydrogen-bond acceptors (Lipinski definition) is 6. The summed E-state index contributed by atoms with van der Waals surface area (Å²) < 4.78 is 2.33. The number of terminal acetylenes is 1. The number of carbonyl (C=O) groups excluding carboxylic acids is 1. The lowest BCUT2D eigenvalue weighted by Gasteiger charge is -2.32. The molecule has 0 unspecified atom stereocenters. The molecule has 2 aromatic heterocycles. The number of nitrogens with zero attached hydrogens (tertiary/aromatic N) is 4. The Bertz CT molecular complexity index is 995. The van der Waals surface area contributed by atoms with Gasteiger partial charge in [0.2, 0.25) is 5.95 Å². The van der Waals surface area contributed by atoms with Crippen LogP contribution in [0.25, 0.3) is 6.08 Å². The van der Waals surface area contributed by atoms with Crippen LogP contribution in [0.15, 0.2) is 18.5 Å². The van der Waals surface area contributed by atoms with Crippen molar-refractivity contribution >= 4 is 17.9 Å². The molecule has 0 aliphatic carbocycles. The van der Waals surface area contributed by atoms with Crippen LogP contribution in [-0.4, -0.2) is 51.3 Å². The summed E-state index contributed by atoms with van der Waals surface area (Å²) in [4.78, 5) is 22.0. The predicted octanol–water partition coefficient (Wildman–Crippen LogP) is 2.48. The molecule has 0 atom stereocenters. The van der Waals surface area contributed by atoms with Gasteiger partial charge in [0.1, 0.15) is 0 Å². The third-order valence-electron chi connectivity index (χ3n) is 6.21. The van der Waals surface area contributed by atoms with Gasteiger partial charge in [-0.15, -0.1) is 6.42 Å². The second-order valence-corrected chi connectivity index (χ2v) is 8.00. The fourth-order valence-electron chi connectivity index (χ4n) is 4.44. The lowest BCUT2D eigenvalue weighted by atomic mass is 10.0. The highest BCUT2D eigenvalue weighted by molar-refractivity contribution is 5.92. The minimum absolute atomic E-state index is 0.230. The highest BCUT2D eigenvalue weighted by Gasteiger charge is 2.21. The summed E-state index contributed by atoms with van der Waals surface area (Å²) in [7, 11) is 0. The second-order valence-electron chi connectivity index (χ2n) is 8.00. The van der Waals surface area contributed by atoms with E-state index in [9.17, 15) is 4.79 Å². The first-order valence-electron chi connectivity index (χ1n) is 11.1. The number of amides is 1. The Morgan fingerprint density at radius 2 is 2.00 bits per heavy atom. The Morgan fingerprint density at radius 1 is 1.31 bits per heavy atom. The molecule has 1 aliphatic heterocycles. The van der Waals surface area contributed by atoms with Gasteiger partial charge in [-0.25, -0.2) is 15.4 Å². The average molecular weight is 437 g/mol. The molecule has 8 heteroatoms. The highest BCUT2D eigenvalue weighted by atomic mass is 16.5. The quantitative estimate of drug-likeness (QED) is 0.334. The Labute approximate surface area is 189 Å². The lowest BCUT2D eigenvalue weighted by Crippen LogP contribution is -2.43. The molecule has 1 saturated heterocycles. The molecule has 0 bridgehead atoms. The summed E-state index contributed by atoms with van der Waals surface area (Å²) in [5.41, 5.74) is 7.04. The van der Waals surface area contributed by atoms with E-state index in [1.165, 1.54) is 34.9 Å². The van der Waals surface area contributed by atoms with E-state index < -0.39 is 5.91 Å². The summed E-state index contributed by atoms with van der Waals surface area (Å²) >= 11 is 0. The Kier molecular flexibility index (Phi) is 8.03. The molecule has 0 spiro atoms. The highest BCUT2D eigenvalue weighted by Crippen LogP contribution is 2.24. The lowest BCUT2D eigenvalue weighted by molar-refractivity contribution is 0.0705. The Hall–Kier alpha value is -3.15. The largest absolute Gasteiger partial charge is 0.345 e. The third kappa shape index (κ3) is 5.18. The zero-order valence-corrected chi connectivity index (χ0v) is 19.1. The van der Waals surface area contributed by atoms with Crippen molar-refractivity contribution in [3.63, 3.8) is 0 Å². The second kappa shape index (κ2) is 10.9. The molecule has 1 amide bonds. The van der Waals surface area contributed by atoms with Gasteiger partial charge in [-0.05, 0) is 69.9 Å². The van der Waals surface area contributed by atoms with Crippen LogP contribution in [0.4, 0.5) is 5.95 Å². The van der Waals surface area contributed by atoms with E-state index >= 15 is 0 Å². The summed E-state index contributed by atoms with van der Waals surface area (Å²) in [5.74, 6) is 2.58. The number of nitrogens with one attached hydrogen (secondary N) is 2. The number of rotatable bonds is 8. The van der Waals surface area contributed by atoms with E-state index in [1.54, 1.807) is 11.6 Å². The van der Waals surface area contributed by atoms with Crippen LogP contribution in [0.2, 0.25) is 0 Å². The molecule has 32 heavy (non-hydrogen) atoms. The molecule has 0 aromatic carbocycles. The number of anilines is 1. The normalized spacial score (nSPS) is 14.7. The van der Waals surface area contributed by atoms with Gasteiger partial charge in [0, 0.05) is 49.5 Å². The number of piperidine rings is 1. The predicted molar refractivity (Wildman–Crippen MR) is 126 cm³/mol. The van der Waals surface area contributed by atoms with E-state index in [1.807, 2.05) is 6.08 Å². The minimum Gasteiger partial charge on any atom is -0.345 e. The molecular weight excluding hydrogens is 404 g/mol. The van der Waals surface area contributed by atoms with Crippen molar-refractivity contribution in [1.82, 2.24) is 25.3 Å². The van der Waals surface area contributed by atoms with Crippen molar-refractivity contribution in [3.8, 4) is 12.3 Å². The summed E-state index contributed by atoms with van der Waals surface area (Å²) in [6.45, 7) is 10.1. The summed E-state index contributed by atoms with van der Waals surface area (Å²) in [6, 6.07) is 0.459. The first kappa shape index (κ1) is 23.5. The summed E-state index contributed by atoms with van der Waals surface area (Å²) in [6.07, 6.45) is 15.1. The Balaban J connectivity index is 1.52. The SMILES string of the molecule is C#C/C=C\c1c(C)c(CCNC2CCN(c3ncc(C(=O)NO)cn3)CC2)c(C)n1CC. The zero-order valence-electron chi connectivity index (χ0n) is 19.1. The van der Waals surface area contributed by atoms with Crippen molar-refractivity contribution in [2.24, 2.45) is 0 Å². The van der Waals surface area contributed by atoms with Gasteiger partial charge < -0.3 is 14.8 Å². The van der Waals surface area contributed by atoms with Crippen LogP contribution >= 0.6 is 0 Å². The van der Waals surface area contributed by atoms with Gasteiger partial charge in [-0.2, -0.15) is 0 Å². The van der Waals surface area contributed by atoms with Gasteiger partial charge in [-0.1, -0.05) is 5.92 Å². The third-order valence-corrected chi connectivity index (χ3v) is 6.21. The smallest absolute Gasteiger partial charge is 0.277 e. The van der Waals surface area contributed by atoms with E-state index in [0.717, 1.165) is 45.4 Å². The summed E-state index contributed by atoms with van der Waals surface area (Å²) in [5, 5.41) is 12.4. The van der Waals surface area contributed by atoms with Gasteiger partial charge in [0.15, 0.2) is 0 Å². The van der Waals surface area contributed by atoms with Crippen LogP contribution in [0.5, 0.6) is 0 Å². The maximum absolute atomic E-state index is 11.4. The maximum Gasteiger partial charge on any atom is 0.277 e. The van der Waals surface area contributed by atoms with Gasteiger partial charge in [-0.3, -0.25) is 10.0 Å². The monoisotopic (exact) mass is 436 g/mol. The van der Waals surface area contributed by atoms with Gasteiger partial charge >= 0.3 is 0 Å². The van der Waals surface area contributed by atoms with Crippen molar-refractivity contribution < 1.29 is 10.0 Å². The molecule has 170 valence electrons. The molecule has 0 saturated carbocycles. The van der Waals surface area contributed by atoms with Gasteiger partial charge in [0.25, 0.3) is 5.91 Å². The molecular formula is C24H32N6O2. The van der Waals surface area contributed by atoms with Crippen LogP contribution in [0.1, 0.15) is 52.6 Å². The first-order chi connectivity index (χ1) is 15.5. The van der Waals surface area contributed by atoms with Crippen LogP contribution in [-0.2, 0) is 13.0 Å². The fourth-order valence-corrected chi connectivity index (χ4v) is 4.44. The van der Waals surface area contributed by atoms with E-state index in [2.05, 4.69) is 51.4 Å².